The lowest BCUT2D eigenvalue weighted by molar-refractivity contribution is -0.0503. The van der Waals surface area contributed by atoms with Gasteiger partial charge in [0.25, 0.3) is 5.56 Å². The summed E-state index contributed by atoms with van der Waals surface area (Å²) in [5.41, 5.74) is 0.528. The van der Waals surface area contributed by atoms with Crippen LogP contribution in [0.3, 0.4) is 0 Å². The Bertz CT molecular complexity index is 1230. The predicted molar refractivity (Wildman–Crippen MR) is 118 cm³/mol. The zero-order valence-corrected chi connectivity index (χ0v) is 18.9. The zero-order valence-electron chi connectivity index (χ0n) is 17.2. The van der Waals surface area contributed by atoms with E-state index >= 15 is 0 Å². The third-order valence-corrected chi connectivity index (χ3v) is 6.30. The molecule has 1 aromatic carbocycles. The van der Waals surface area contributed by atoms with Crippen molar-refractivity contribution in [1.82, 2.24) is 19.5 Å². The lowest BCUT2D eigenvalue weighted by Gasteiger charge is -2.17. The minimum absolute atomic E-state index is 0.00918. The fourth-order valence-corrected chi connectivity index (χ4v) is 4.14. The van der Waals surface area contributed by atoms with Crippen LogP contribution in [0.15, 0.2) is 40.3 Å². The van der Waals surface area contributed by atoms with Crippen molar-refractivity contribution in [3.05, 3.63) is 46.5 Å². The third kappa shape index (κ3) is 5.28. The van der Waals surface area contributed by atoms with Gasteiger partial charge in [-0.2, -0.15) is 4.98 Å². The van der Waals surface area contributed by atoms with Crippen molar-refractivity contribution >= 4 is 36.7 Å². The number of hydrogen-bond acceptors (Lipinski definition) is 10. The maximum atomic E-state index is 12.5. The molecule has 0 bridgehead atoms. The van der Waals surface area contributed by atoms with E-state index in [1.54, 1.807) is 11.8 Å². The first-order valence-corrected chi connectivity index (χ1v) is 12.5. The monoisotopic (exact) mass is 499 g/mol. The first kappa shape index (κ1) is 23.9. The molecule has 13 nitrogen and oxygen atoms in total. The van der Waals surface area contributed by atoms with Gasteiger partial charge in [0.15, 0.2) is 17.4 Å². The molecule has 0 spiro atoms. The highest BCUT2D eigenvalue weighted by Crippen LogP contribution is 2.38. The molecule has 3 aromatic rings. The van der Waals surface area contributed by atoms with Crippen molar-refractivity contribution in [3.8, 4) is 0 Å². The van der Waals surface area contributed by atoms with Gasteiger partial charge in [-0.15, -0.1) is 11.8 Å². The van der Waals surface area contributed by atoms with Gasteiger partial charge in [-0.3, -0.25) is 18.9 Å². The van der Waals surface area contributed by atoms with E-state index in [2.05, 4.69) is 24.8 Å². The number of nitrogens with zero attached hydrogens (tertiary/aromatic N) is 3. The van der Waals surface area contributed by atoms with Gasteiger partial charge in [0, 0.05) is 11.4 Å². The van der Waals surface area contributed by atoms with Gasteiger partial charge in [0.2, 0.25) is 5.95 Å². The molecule has 1 saturated heterocycles. The van der Waals surface area contributed by atoms with Crippen molar-refractivity contribution in [2.45, 2.75) is 36.0 Å². The van der Waals surface area contributed by atoms with E-state index in [9.17, 15) is 19.6 Å². The summed E-state index contributed by atoms with van der Waals surface area (Å²) in [5, 5.41) is 23.7. The Morgan fingerprint density at radius 3 is 2.67 bits per heavy atom. The summed E-state index contributed by atoms with van der Waals surface area (Å²) >= 11 is 1.63. The molecule has 0 saturated carbocycles. The highest BCUT2D eigenvalue weighted by atomic mass is 32.2. The largest absolute Gasteiger partial charge is 0.469 e. The fraction of sp³-hybridized carbons (Fsp3) is 0.389. The van der Waals surface area contributed by atoms with Gasteiger partial charge in [0.1, 0.15) is 18.3 Å². The molecule has 0 amide bonds. The molecule has 1 aliphatic rings. The standard InChI is InChI=1S/C18H22N5O8PS/c1-33-10-4-2-9(3-5-10)6-19-18-21-15-12(16(26)22-18)20-8-23(15)17-14(25)13(24)11(31-17)7-30-32(27,28)29/h2-5,8,11,13-14,17,24-25H,6-7H2,1H3,(H2,27,28,29)(H2,19,21,22,26)/t11-,13-,14-,17-/m1/s1. The number of hydrogen-bond donors (Lipinski definition) is 6. The van der Waals surface area contributed by atoms with Crippen molar-refractivity contribution < 1.29 is 33.8 Å². The van der Waals surface area contributed by atoms with Crippen LogP contribution in [0.2, 0.25) is 0 Å². The Balaban J connectivity index is 1.55. The highest BCUT2D eigenvalue weighted by Gasteiger charge is 2.45. The van der Waals surface area contributed by atoms with Crippen molar-refractivity contribution in [2.24, 2.45) is 0 Å². The number of aromatic nitrogens is 4. The predicted octanol–water partition coefficient (Wildman–Crippen LogP) is 0.182. The number of imidazole rings is 1. The number of fused-ring (bicyclic) bond motifs is 1. The van der Waals surface area contributed by atoms with Crippen LogP contribution >= 0.6 is 19.6 Å². The van der Waals surface area contributed by atoms with Crippen LogP contribution in [0, 0.1) is 0 Å². The minimum Gasteiger partial charge on any atom is -0.387 e. The quantitative estimate of drug-likeness (QED) is 0.182. The van der Waals surface area contributed by atoms with E-state index in [1.165, 1.54) is 10.9 Å². The number of rotatable bonds is 8. The molecule has 1 aliphatic heterocycles. The van der Waals surface area contributed by atoms with Crippen LogP contribution in [0.5, 0.6) is 0 Å². The van der Waals surface area contributed by atoms with E-state index in [0.717, 1.165) is 10.5 Å². The molecule has 1 fully saturated rings. The average molecular weight is 499 g/mol. The van der Waals surface area contributed by atoms with Crippen LogP contribution in [-0.2, 0) is 20.4 Å². The number of phosphoric acid groups is 1. The Labute approximate surface area is 191 Å². The number of benzene rings is 1. The SMILES string of the molecule is CSc1ccc(CNc2nc3c(ncn3[C@@H]3O[C@H](COP(=O)(O)O)[C@@H](O)[C@H]3O)c(=O)[nH]2)cc1. The second-order valence-electron chi connectivity index (χ2n) is 7.27. The molecule has 0 radical (unpaired) electrons. The number of aliphatic hydroxyl groups excluding tert-OH is 2. The molecule has 2 aromatic heterocycles. The number of anilines is 1. The Morgan fingerprint density at radius 1 is 1.27 bits per heavy atom. The van der Waals surface area contributed by atoms with Crippen molar-refractivity contribution in [2.75, 3.05) is 18.2 Å². The molecule has 0 aliphatic carbocycles. The molecule has 0 unspecified atom stereocenters. The molecule has 4 rings (SSSR count). The third-order valence-electron chi connectivity index (χ3n) is 5.07. The van der Waals surface area contributed by atoms with Gasteiger partial charge < -0.3 is 30.1 Å². The van der Waals surface area contributed by atoms with Gasteiger partial charge in [0.05, 0.1) is 12.9 Å². The lowest BCUT2D eigenvalue weighted by Crippen LogP contribution is -2.33. The maximum absolute atomic E-state index is 12.5. The van der Waals surface area contributed by atoms with Crippen LogP contribution in [0.1, 0.15) is 11.8 Å². The Morgan fingerprint density at radius 2 is 2.00 bits per heavy atom. The average Bonchev–Trinajstić information content (AvgIpc) is 3.32. The molecule has 15 heteroatoms. The fourth-order valence-electron chi connectivity index (χ4n) is 3.39. The first-order chi connectivity index (χ1) is 15.7. The number of nitrogens with one attached hydrogen (secondary N) is 2. The van der Waals surface area contributed by atoms with Crippen LogP contribution in [0.4, 0.5) is 5.95 Å². The minimum atomic E-state index is -4.79. The lowest BCUT2D eigenvalue weighted by atomic mass is 10.1. The number of thioether (sulfide) groups is 1. The zero-order chi connectivity index (χ0) is 23.8. The highest BCUT2D eigenvalue weighted by molar-refractivity contribution is 7.98. The second-order valence-corrected chi connectivity index (χ2v) is 9.39. The van der Waals surface area contributed by atoms with Gasteiger partial charge in [-0.1, -0.05) is 12.1 Å². The number of aromatic amines is 1. The van der Waals surface area contributed by atoms with Crippen LogP contribution in [0.25, 0.3) is 11.2 Å². The molecule has 178 valence electrons. The normalized spacial score (nSPS) is 23.3. The Kier molecular flexibility index (Phi) is 6.88. The molecule has 3 heterocycles. The molecule has 33 heavy (non-hydrogen) atoms. The Hall–Kier alpha value is -2.29. The molecule has 4 atom stereocenters. The maximum Gasteiger partial charge on any atom is 0.469 e. The smallest absolute Gasteiger partial charge is 0.387 e. The first-order valence-electron chi connectivity index (χ1n) is 9.71. The van der Waals surface area contributed by atoms with Gasteiger partial charge >= 0.3 is 7.82 Å². The number of ether oxygens (including phenoxy) is 1. The molecular weight excluding hydrogens is 477 g/mol. The summed E-state index contributed by atoms with van der Waals surface area (Å²) in [6.45, 7) is -0.262. The van der Waals surface area contributed by atoms with Crippen LogP contribution < -0.4 is 10.9 Å². The van der Waals surface area contributed by atoms with Crippen molar-refractivity contribution in [3.63, 3.8) is 0 Å². The second kappa shape index (κ2) is 9.52. The van der Waals surface area contributed by atoms with E-state index in [4.69, 9.17) is 14.5 Å². The topological polar surface area (TPSA) is 192 Å². The number of aliphatic hydroxyl groups is 2. The van der Waals surface area contributed by atoms with E-state index in [1.807, 2.05) is 30.5 Å². The van der Waals surface area contributed by atoms with E-state index in [0.29, 0.717) is 6.54 Å². The summed E-state index contributed by atoms with van der Waals surface area (Å²) in [5.74, 6) is 0.164. The summed E-state index contributed by atoms with van der Waals surface area (Å²) < 4.78 is 22.1. The summed E-state index contributed by atoms with van der Waals surface area (Å²) in [6.07, 6.45) is -2.21. The summed E-state index contributed by atoms with van der Waals surface area (Å²) in [7, 11) is -4.79. The van der Waals surface area contributed by atoms with E-state index in [-0.39, 0.29) is 17.1 Å². The van der Waals surface area contributed by atoms with E-state index < -0.39 is 44.5 Å². The number of phosphoric ester groups is 1. The summed E-state index contributed by atoms with van der Waals surface area (Å²) in [6, 6.07) is 7.85. The van der Waals surface area contributed by atoms with Gasteiger partial charge in [-0.05, 0) is 24.0 Å². The van der Waals surface area contributed by atoms with Gasteiger partial charge in [-0.25, -0.2) is 9.55 Å². The van der Waals surface area contributed by atoms with Crippen LogP contribution in [-0.4, -0.2) is 70.7 Å². The summed E-state index contributed by atoms with van der Waals surface area (Å²) in [4.78, 5) is 42.3. The van der Waals surface area contributed by atoms with Crippen molar-refractivity contribution in [1.29, 1.82) is 0 Å². The molecular formula is C18H22N5O8PS. The number of H-pyrrole nitrogens is 1. The molecule has 6 N–H and O–H groups in total.